The molecule has 0 aliphatic heterocycles. The summed E-state index contributed by atoms with van der Waals surface area (Å²) in [6.45, 7) is 8.51. The van der Waals surface area contributed by atoms with Crippen LogP contribution in [0.15, 0.2) is 6.07 Å². The Kier molecular flexibility index (Phi) is 14.0. The largest absolute Gasteiger partial charge is 0.478 e. The molecule has 0 bridgehead atoms. The van der Waals surface area contributed by atoms with E-state index in [-0.39, 0.29) is 17.0 Å². The van der Waals surface area contributed by atoms with Crippen LogP contribution >= 0.6 is 0 Å². The van der Waals surface area contributed by atoms with Gasteiger partial charge in [0.1, 0.15) is 0 Å². The minimum Gasteiger partial charge on any atom is -0.478 e. The van der Waals surface area contributed by atoms with Gasteiger partial charge in [0, 0.05) is 0 Å². The van der Waals surface area contributed by atoms with Gasteiger partial charge in [-0.05, 0) is 60.8 Å². The van der Waals surface area contributed by atoms with Crippen molar-refractivity contribution in [1.82, 2.24) is 0 Å². The van der Waals surface area contributed by atoms with Crippen molar-refractivity contribution in [2.45, 2.75) is 130 Å². The fourth-order valence-electron chi connectivity index (χ4n) is 4.65. The van der Waals surface area contributed by atoms with Crippen molar-refractivity contribution in [3.63, 3.8) is 0 Å². The molecular weight excluding hydrogens is 400 g/mol. The number of carbonyl (C=O) groups is 2. The van der Waals surface area contributed by atoms with Crippen LogP contribution in [-0.4, -0.2) is 22.2 Å². The van der Waals surface area contributed by atoms with Crippen molar-refractivity contribution in [1.29, 1.82) is 0 Å². The van der Waals surface area contributed by atoms with Crippen LogP contribution in [0.2, 0.25) is 0 Å². The second-order valence-electron chi connectivity index (χ2n) is 9.31. The van der Waals surface area contributed by atoms with E-state index in [1.807, 2.05) is 13.8 Å². The van der Waals surface area contributed by atoms with E-state index in [0.717, 1.165) is 61.6 Å². The lowest BCUT2D eigenvalue weighted by Crippen LogP contribution is -2.18. The van der Waals surface area contributed by atoms with Gasteiger partial charge in [-0.3, -0.25) is 0 Å². The maximum absolute atomic E-state index is 12.2. The monoisotopic (exact) mass is 446 g/mol. The first-order valence-electron chi connectivity index (χ1n) is 13.0. The molecular formula is C28H46O4. The molecule has 1 rings (SSSR count). The molecule has 32 heavy (non-hydrogen) atoms. The molecule has 2 N–H and O–H groups in total. The smallest absolute Gasteiger partial charge is 0.336 e. The molecule has 0 aromatic heterocycles. The average molecular weight is 447 g/mol. The summed E-state index contributed by atoms with van der Waals surface area (Å²) in [5.74, 6) is -2.23. The van der Waals surface area contributed by atoms with E-state index < -0.39 is 11.9 Å². The second kappa shape index (κ2) is 15.9. The number of hydrogen-bond donors (Lipinski definition) is 2. The number of benzene rings is 1. The molecule has 1 unspecified atom stereocenters. The first kappa shape index (κ1) is 28.2. The Hall–Kier alpha value is -1.84. The van der Waals surface area contributed by atoms with Crippen LogP contribution in [0.4, 0.5) is 0 Å². The van der Waals surface area contributed by atoms with E-state index in [1.54, 1.807) is 6.07 Å². The molecule has 0 fully saturated rings. The van der Waals surface area contributed by atoms with E-state index in [4.69, 9.17) is 0 Å². The Bertz CT molecular complexity index is 708. The van der Waals surface area contributed by atoms with Crippen LogP contribution in [0.25, 0.3) is 0 Å². The number of carboxylic acid groups (broad SMARTS) is 2. The normalized spacial score (nSPS) is 12.1. The first-order chi connectivity index (χ1) is 15.4. The minimum absolute atomic E-state index is 0.0135. The standard InChI is InChI=1S/C28H46O4/c1-5-8-10-12-14-16-18-22-20-24(27(29)30)26(28(31)32)25(21(4)7-3)23(22)19-17-15-13-11-9-6-2/h20-21H,5-19H2,1-4H3,(H,29,30)(H,31,32). The summed E-state index contributed by atoms with van der Waals surface area (Å²) < 4.78 is 0. The van der Waals surface area contributed by atoms with Gasteiger partial charge in [-0.1, -0.05) is 91.9 Å². The molecule has 0 saturated heterocycles. The molecule has 182 valence electrons. The lowest BCUT2D eigenvalue weighted by molar-refractivity contribution is 0.0650. The van der Waals surface area contributed by atoms with Gasteiger partial charge in [0.05, 0.1) is 11.1 Å². The summed E-state index contributed by atoms with van der Waals surface area (Å²) >= 11 is 0. The molecule has 0 heterocycles. The van der Waals surface area contributed by atoms with E-state index >= 15 is 0 Å². The van der Waals surface area contributed by atoms with Gasteiger partial charge in [0.25, 0.3) is 0 Å². The highest BCUT2D eigenvalue weighted by Crippen LogP contribution is 2.34. The third-order valence-corrected chi connectivity index (χ3v) is 6.70. The molecule has 1 aromatic rings. The Labute approximate surface area is 195 Å². The molecule has 0 spiro atoms. The van der Waals surface area contributed by atoms with Crippen LogP contribution in [0, 0.1) is 0 Å². The van der Waals surface area contributed by atoms with Gasteiger partial charge in [-0.2, -0.15) is 0 Å². The van der Waals surface area contributed by atoms with Crippen molar-refractivity contribution in [3.8, 4) is 0 Å². The van der Waals surface area contributed by atoms with Crippen LogP contribution in [0.3, 0.4) is 0 Å². The van der Waals surface area contributed by atoms with Crippen LogP contribution < -0.4 is 0 Å². The van der Waals surface area contributed by atoms with Gasteiger partial charge in [-0.15, -0.1) is 0 Å². The Morgan fingerprint density at radius 1 is 0.750 bits per heavy atom. The fraction of sp³-hybridized carbons (Fsp3) is 0.714. The number of aryl methyl sites for hydroxylation is 1. The van der Waals surface area contributed by atoms with E-state index in [0.29, 0.717) is 0 Å². The second-order valence-corrected chi connectivity index (χ2v) is 9.31. The van der Waals surface area contributed by atoms with Gasteiger partial charge in [-0.25, -0.2) is 9.59 Å². The van der Waals surface area contributed by atoms with E-state index in [9.17, 15) is 19.8 Å². The van der Waals surface area contributed by atoms with Crippen LogP contribution in [0.1, 0.15) is 154 Å². The summed E-state index contributed by atoms with van der Waals surface area (Å²) in [5, 5.41) is 19.8. The van der Waals surface area contributed by atoms with Crippen molar-refractivity contribution in [3.05, 3.63) is 33.9 Å². The number of carboxylic acids is 2. The van der Waals surface area contributed by atoms with E-state index in [2.05, 4.69) is 13.8 Å². The van der Waals surface area contributed by atoms with Crippen LogP contribution in [-0.2, 0) is 12.8 Å². The number of hydrogen-bond acceptors (Lipinski definition) is 2. The topological polar surface area (TPSA) is 74.6 Å². The summed E-state index contributed by atoms with van der Waals surface area (Å²) in [5.41, 5.74) is 2.92. The maximum atomic E-state index is 12.2. The van der Waals surface area contributed by atoms with Gasteiger partial charge >= 0.3 is 11.9 Å². The summed E-state index contributed by atoms with van der Waals surface area (Å²) in [6.07, 6.45) is 16.7. The van der Waals surface area contributed by atoms with Crippen LogP contribution in [0.5, 0.6) is 0 Å². The molecule has 4 nitrogen and oxygen atoms in total. The third kappa shape index (κ3) is 8.96. The molecule has 4 heteroatoms. The van der Waals surface area contributed by atoms with Crippen molar-refractivity contribution < 1.29 is 19.8 Å². The third-order valence-electron chi connectivity index (χ3n) is 6.70. The fourth-order valence-corrected chi connectivity index (χ4v) is 4.65. The molecule has 0 saturated carbocycles. The van der Waals surface area contributed by atoms with Gasteiger partial charge in [0.2, 0.25) is 0 Å². The average Bonchev–Trinajstić information content (AvgIpc) is 2.77. The highest BCUT2D eigenvalue weighted by molar-refractivity contribution is 6.03. The summed E-state index contributed by atoms with van der Waals surface area (Å²) in [4.78, 5) is 24.2. The quantitative estimate of drug-likeness (QED) is 0.222. The molecule has 1 atom stereocenters. The molecule has 0 radical (unpaired) electrons. The summed E-state index contributed by atoms with van der Waals surface area (Å²) in [6, 6.07) is 1.68. The lowest BCUT2D eigenvalue weighted by Gasteiger charge is -2.23. The zero-order valence-corrected chi connectivity index (χ0v) is 21.0. The summed E-state index contributed by atoms with van der Waals surface area (Å²) in [7, 11) is 0. The Balaban J connectivity index is 3.24. The van der Waals surface area contributed by atoms with Crippen molar-refractivity contribution >= 4 is 11.9 Å². The van der Waals surface area contributed by atoms with Gasteiger partial charge in [0.15, 0.2) is 0 Å². The highest BCUT2D eigenvalue weighted by Gasteiger charge is 2.27. The number of aromatic carboxylic acids is 2. The first-order valence-corrected chi connectivity index (χ1v) is 13.0. The number of rotatable bonds is 18. The lowest BCUT2D eigenvalue weighted by atomic mass is 9.81. The number of unbranched alkanes of at least 4 members (excludes halogenated alkanes) is 10. The van der Waals surface area contributed by atoms with Crippen molar-refractivity contribution in [2.75, 3.05) is 0 Å². The zero-order chi connectivity index (χ0) is 23.9. The van der Waals surface area contributed by atoms with Gasteiger partial charge < -0.3 is 10.2 Å². The molecule has 0 amide bonds. The Morgan fingerprint density at radius 2 is 1.25 bits per heavy atom. The Morgan fingerprint density at radius 3 is 1.72 bits per heavy atom. The zero-order valence-electron chi connectivity index (χ0n) is 21.0. The predicted molar refractivity (Wildman–Crippen MR) is 133 cm³/mol. The molecule has 0 aliphatic rings. The molecule has 0 aliphatic carbocycles. The minimum atomic E-state index is -1.14. The maximum Gasteiger partial charge on any atom is 0.336 e. The predicted octanol–water partition coefficient (Wildman–Crippen LogP) is 8.40. The van der Waals surface area contributed by atoms with Crippen molar-refractivity contribution in [2.24, 2.45) is 0 Å². The highest BCUT2D eigenvalue weighted by atomic mass is 16.4. The SMILES string of the molecule is CCCCCCCCc1cc(C(=O)O)c(C(=O)O)c(C(C)CC)c1CCCCCCCC. The van der Waals surface area contributed by atoms with E-state index in [1.165, 1.54) is 51.4 Å². The molecule has 1 aromatic carbocycles.